The van der Waals surface area contributed by atoms with E-state index < -0.39 is 5.54 Å². The van der Waals surface area contributed by atoms with Gasteiger partial charge in [-0.15, -0.1) is 0 Å². The highest BCUT2D eigenvalue weighted by Gasteiger charge is 2.53. The summed E-state index contributed by atoms with van der Waals surface area (Å²) in [6.45, 7) is 1.94. The van der Waals surface area contributed by atoms with Crippen LogP contribution in [-0.2, 0) is 17.6 Å². The van der Waals surface area contributed by atoms with Crippen LogP contribution in [0, 0.1) is 0 Å². The van der Waals surface area contributed by atoms with Gasteiger partial charge in [0.1, 0.15) is 28.6 Å². The quantitative estimate of drug-likeness (QED) is 0.563. The van der Waals surface area contributed by atoms with Gasteiger partial charge in [0.15, 0.2) is 5.78 Å². The van der Waals surface area contributed by atoms with Crippen molar-refractivity contribution in [3.05, 3.63) is 83.5 Å². The molecule has 0 bridgehead atoms. The maximum absolute atomic E-state index is 14.2. The van der Waals surface area contributed by atoms with Crippen molar-refractivity contribution in [2.24, 2.45) is 4.99 Å². The van der Waals surface area contributed by atoms with E-state index in [1.54, 1.807) is 27.5 Å². The van der Waals surface area contributed by atoms with E-state index in [0.717, 1.165) is 28.4 Å². The van der Waals surface area contributed by atoms with Crippen molar-refractivity contribution in [3.8, 4) is 11.5 Å². The van der Waals surface area contributed by atoms with Gasteiger partial charge in [0.05, 0.1) is 31.7 Å². The van der Waals surface area contributed by atoms with Crippen LogP contribution in [0.5, 0.6) is 11.5 Å². The van der Waals surface area contributed by atoms with Gasteiger partial charge in [-0.05, 0) is 30.7 Å². The Bertz CT molecular complexity index is 1260. The average Bonchev–Trinajstić information content (AvgIpc) is 3.56. The molecule has 1 saturated heterocycles. The molecule has 2 aromatic carbocycles. The van der Waals surface area contributed by atoms with Crippen LogP contribution in [0.3, 0.4) is 0 Å². The molecule has 1 unspecified atom stereocenters. The van der Waals surface area contributed by atoms with Gasteiger partial charge in [0.25, 0.3) is 0 Å². The number of ketones is 1. The number of benzene rings is 2. The molecule has 1 atom stereocenters. The number of fused-ring (bicyclic) bond motifs is 1. The summed E-state index contributed by atoms with van der Waals surface area (Å²) < 4.78 is 16.7. The van der Waals surface area contributed by atoms with Gasteiger partial charge in [-0.3, -0.25) is 9.79 Å². The first kappa shape index (κ1) is 21.8. The molecule has 34 heavy (non-hydrogen) atoms. The van der Waals surface area contributed by atoms with Crippen LogP contribution in [0.4, 0.5) is 11.4 Å². The normalized spacial score (nSPS) is 22.8. The lowest BCUT2D eigenvalue weighted by atomic mass is 9.89. The molecule has 1 N–H and O–H groups in total. The second kappa shape index (κ2) is 8.41. The van der Waals surface area contributed by atoms with Gasteiger partial charge >= 0.3 is 0 Å². The lowest BCUT2D eigenvalue weighted by Gasteiger charge is -2.34. The molecule has 1 fully saturated rings. The van der Waals surface area contributed by atoms with E-state index in [1.165, 1.54) is 0 Å². The highest BCUT2D eigenvalue weighted by molar-refractivity contribution is 6.37. The Morgan fingerprint density at radius 1 is 1.09 bits per heavy atom. The number of Topliss-reactive ketones (excluding diaryl/α,β-unsaturated/α-hetero) is 1. The lowest BCUT2D eigenvalue weighted by Crippen LogP contribution is -2.49. The summed E-state index contributed by atoms with van der Waals surface area (Å²) in [6, 6.07) is 17.4. The van der Waals surface area contributed by atoms with E-state index in [1.807, 2.05) is 60.4 Å². The number of aliphatic imine (C=N–C) groups is 1. The Morgan fingerprint density at radius 3 is 2.44 bits per heavy atom. The fourth-order valence-electron chi connectivity index (χ4n) is 4.89. The van der Waals surface area contributed by atoms with Gasteiger partial charge in [0, 0.05) is 49.5 Å². The van der Waals surface area contributed by atoms with Gasteiger partial charge in [-0.1, -0.05) is 18.2 Å². The Kier molecular flexibility index (Phi) is 5.40. The van der Waals surface area contributed by atoms with E-state index in [-0.39, 0.29) is 5.78 Å². The number of amidine groups is 1. The fourth-order valence-corrected chi connectivity index (χ4v) is 4.89. The Labute approximate surface area is 198 Å². The fraction of sp³-hybridized carbons (Fsp3) is 0.259. The SMILES string of the molecule is CN=C1C(=C2Cc3ccccc3N2)C(=O)C(C)(Cc2ccco2)N1c1cc(OC)cc(OC)c1. The summed E-state index contributed by atoms with van der Waals surface area (Å²) in [4.78, 5) is 20.8. The third kappa shape index (κ3) is 3.44. The Balaban J connectivity index is 1.70. The number of anilines is 2. The van der Waals surface area contributed by atoms with Crippen molar-refractivity contribution < 1.29 is 18.7 Å². The molecule has 0 saturated carbocycles. The molecule has 1 aromatic heterocycles. The number of ether oxygens (including phenoxy) is 2. The minimum atomic E-state index is -0.969. The zero-order valence-electron chi connectivity index (χ0n) is 19.7. The molecule has 0 spiro atoms. The van der Waals surface area contributed by atoms with E-state index in [2.05, 4.69) is 16.4 Å². The van der Waals surface area contributed by atoms with Crippen LogP contribution >= 0.6 is 0 Å². The first-order chi connectivity index (χ1) is 16.5. The van der Waals surface area contributed by atoms with E-state index in [0.29, 0.717) is 35.7 Å². The van der Waals surface area contributed by atoms with Crippen molar-refractivity contribution in [2.75, 3.05) is 31.5 Å². The van der Waals surface area contributed by atoms with E-state index in [4.69, 9.17) is 13.9 Å². The summed E-state index contributed by atoms with van der Waals surface area (Å²) in [5, 5.41) is 3.46. The number of hydrogen-bond acceptors (Lipinski definition) is 6. The zero-order chi connectivity index (χ0) is 23.9. The van der Waals surface area contributed by atoms with Crippen molar-refractivity contribution >= 4 is 23.0 Å². The number of furan rings is 1. The second-order valence-corrected chi connectivity index (χ2v) is 8.63. The number of hydrogen-bond donors (Lipinski definition) is 1. The molecule has 0 radical (unpaired) electrons. The van der Waals surface area contributed by atoms with E-state index in [9.17, 15) is 4.79 Å². The molecule has 5 rings (SSSR count). The minimum Gasteiger partial charge on any atom is -0.497 e. The number of rotatable bonds is 5. The summed E-state index contributed by atoms with van der Waals surface area (Å²) >= 11 is 0. The Hall–Kier alpha value is -4.00. The van der Waals surface area contributed by atoms with Crippen LogP contribution in [0.2, 0.25) is 0 Å². The number of carbonyl (C=O) groups is 1. The average molecular weight is 458 g/mol. The molecule has 174 valence electrons. The first-order valence-corrected chi connectivity index (χ1v) is 11.1. The molecule has 0 aliphatic carbocycles. The predicted molar refractivity (Wildman–Crippen MR) is 132 cm³/mol. The van der Waals surface area contributed by atoms with Gasteiger partial charge in [-0.25, -0.2) is 0 Å². The highest BCUT2D eigenvalue weighted by atomic mass is 16.5. The number of carbonyl (C=O) groups excluding carboxylic acids is 1. The molecule has 3 heterocycles. The van der Waals surface area contributed by atoms with Crippen molar-refractivity contribution in [1.82, 2.24) is 0 Å². The molecule has 2 aliphatic heterocycles. The number of para-hydroxylation sites is 1. The molecular weight excluding hydrogens is 430 g/mol. The third-order valence-corrected chi connectivity index (χ3v) is 6.52. The van der Waals surface area contributed by atoms with Crippen LogP contribution in [0.1, 0.15) is 18.2 Å². The van der Waals surface area contributed by atoms with Gasteiger partial charge in [0.2, 0.25) is 0 Å². The molecular formula is C27H27N3O4. The van der Waals surface area contributed by atoms with Crippen molar-refractivity contribution in [2.45, 2.75) is 25.3 Å². The summed E-state index contributed by atoms with van der Waals surface area (Å²) in [5.74, 6) is 2.57. The maximum atomic E-state index is 14.2. The molecule has 7 heteroatoms. The van der Waals surface area contributed by atoms with Gasteiger partial charge < -0.3 is 24.1 Å². The molecule has 2 aliphatic rings. The second-order valence-electron chi connectivity index (χ2n) is 8.63. The predicted octanol–water partition coefficient (Wildman–Crippen LogP) is 4.64. The highest BCUT2D eigenvalue weighted by Crippen LogP contribution is 2.43. The topological polar surface area (TPSA) is 76.3 Å². The summed E-state index contributed by atoms with van der Waals surface area (Å²) in [5.41, 5.74) is 3.41. The van der Waals surface area contributed by atoms with Crippen LogP contribution in [0.15, 0.2) is 81.5 Å². The van der Waals surface area contributed by atoms with Gasteiger partial charge in [-0.2, -0.15) is 0 Å². The smallest absolute Gasteiger partial charge is 0.194 e. The molecule has 3 aromatic rings. The largest absolute Gasteiger partial charge is 0.497 e. The first-order valence-electron chi connectivity index (χ1n) is 11.1. The number of methoxy groups -OCH3 is 2. The third-order valence-electron chi connectivity index (χ3n) is 6.52. The molecule has 7 nitrogen and oxygen atoms in total. The van der Waals surface area contributed by atoms with Crippen LogP contribution in [0.25, 0.3) is 0 Å². The van der Waals surface area contributed by atoms with Crippen molar-refractivity contribution in [3.63, 3.8) is 0 Å². The summed E-state index contributed by atoms with van der Waals surface area (Å²) in [7, 11) is 4.93. The molecule has 0 amide bonds. The number of allylic oxidation sites excluding steroid dienone is 1. The number of nitrogens with one attached hydrogen (secondary N) is 1. The number of nitrogens with zero attached hydrogens (tertiary/aromatic N) is 2. The zero-order valence-corrected chi connectivity index (χ0v) is 19.7. The standard InChI is InChI=1S/C27H27N3O4/c1-27(16-19-9-7-11-34-19)25(31)24(23-12-17-8-5-6-10-22(17)29-23)26(28-2)30(27)18-13-20(32-3)15-21(14-18)33-4/h5-11,13-15,29H,12,16H2,1-4H3. The van der Waals surface area contributed by atoms with Crippen molar-refractivity contribution in [1.29, 1.82) is 0 Å². The van der Waals surface area contributed by atoms with Crippen LogP contribution in [-0.4, -0.2) is 38.4 Å². The lowest BCUT2D eigenvalue weighted by molar-refractivity contribution is -0.118. The van der Waals surface area contributed by atoms with Crippen LogP contribution < -0.4 is 19.7 Å². The minimum absolute atomic E-state index is 0.0124. The monoisotopic (exact) mass is 457 g/mol. The maximum Gasteiger partial charge on any atom is 0.194 e. The summed E-state index contributed by atoms with van der Waals surface area (Å²) in [6.07, 6.45) is 2.64. The van der Waals surface area contributed by atoms with E-state index >= 15 is 0 Å². The Morgan fingerprint density at radius 2 is 1.82 bits per heavy atom.